The van der Waals surface area contributed by atoms with E-state index in [0.717, 1.165) is 11.3 Å². The molecule has 1 aromatic heterocycles. The highest BCUT2D eigenvalue weighted by Gasteiger charge is 2.12. The minimum Gasteiger partial charge on any atom is -0.497 e. The van der Waals surface area contributed by atoms with Crippen molar-refractivity contribution in [3.05, 3.63) is 41.6 Å². The summed E-state index contributed by atoms with van der Waals surface area (Å²) >= 11 is 0. The molecule has 1 heterocycles. The molecule has 4 N–H and O–H groups in total. The van der Waals surface area contributed by atoms with Gasteiger partial charge in [-0.1, -0.05) is 12.1 Å². The number of carbonyl (C=O) groups is 1. The zero-order chi connectivity index (χ0) is 13.1. The highest BCUT2D eigenvalue weighted by molar-refractivity contribution is 5.96. The zero-order valence-corrected chi connectivity index (χ0v) is 9.96. The number of carbonyl (C=O) groups excluding carboxylic acids is 1. The predicted octanol–water partition coefficient (Wildman–Crippen LogP) is 0.621. The van der Waals surface area contributed by atoms with Crippen LogP contribution in [0.1, 0.15) is 15.9 Å². The average molecular weight is 246 g/mol. The number of hydrogen-bond donors (Lipinski definition) is 2. The highest BCUT2D eigenvalue weighted by atomic mass is 16.5. The molecule has 0 bridgehead atoms. The van der Waals surface area contributed by atoms with E-state index in [1.165, 1.54) is 10.9 Å². The first-order valence-electron chi connectivity index (χ1n) is 5.36. The molecule has 0 fully saturated rings. The largest absolute Gasteiger partial charge is 0.497 e. The van der Waals surface area contributed by atoms with Crippen molar-refractivity contribution in [2.75, 3.05) is 12.8 Å². The quantitative estimate of drug-likeness (QED) is 0.826. The number of nitrogen functional groups attached to an aromatic ring is 1. The van der Waals surface area contributed by atoms with Crippen molar-refractivity contribution >= 4 is 11.7 Å². The first-order chi connectivity index (χ1) is 8.61. The number of hydrogen-bond acceptors (Lipinski definition) is 4. The number of ether oxygens (including phenoxy) is 1. The Hall–Kier alpha value is -2.50. The molecule has 0 aliphatic rings. The summed E-state index contributed by atoms with van der Waals surface area (Å²) < 4.78 is 6.60. The van der Waals surface area contributed by atoms with Crippen LogP contribution in [0.5, 0.6) is 5.75 Å². The Morgan fingerprint density at radius 3 is 2.56 bits per heavy atom. The number of anilines is 1. The van der Waals surface area contributed by atoms with Crippen LogP contribution in [-0.2, 0) is 6.54 Å². The second-order valence-electron chi connectivity index (χ2n) is 3.81. The average Bonchev–Trinajstić information content (AvgIpc) is 2.72. The first-order valence-corrected chi connectivity index (χ1v) is 5.36. The molecule has 0 spiro atoms. The lowest BCUT2D eigenvalue weighted by Crippen LogP contribution is -2.14. The van der Waals surface area contributed by atoms with Crippen molar-refractivity contribution in [3.63, 3.8) is 0 Å². The number of amides is 1. The van der Waals surface area contributed by atoms with Gasteiger partial charge in [-0.15, -0.1) is 0 Å². The monoisotopic (exact) mass is 246 g/mol. The third-order valence-corrected chi connectivity index (χ3v) is 2.64. The molecule has 1 amide bonds. The molecule has 94 valence electrons. The molecule has 0 unspecified atom stereocenters. The smallest absolute Gasteiger partial charge is 0.254 e. The molecule has 2 rings (SSSR count). The van der Waals surface area contributed by atoms with E-state index in [9.17, 15) is 4.79 Å². The molecule has 0 radical (unpaired) electrons. The van der Waals surface area contributed by atoms with Crippen molar-refractivity contribution in [1.29, 1.82) is 0 Å². The molecular formula is C12H14N4O2. The number of nitrogens with two attached hydrogens (primary N) is 2. The number of rotatable bonds is 4. The van der Waals surface area contributed by atoms with Gasteiger partial charge < -0.3 is 16.2 Å². The van der Waals surface area contributed by atoms with Crippen molar-refractivity contribution in [3.8, 4) is 5.75 Å². The van der Waals surface area contributed by atoms with Gasteiger partial charge in [0.25, 0.3) is 5.91 Å². The normalized spacial score (nSPS) is 10.3. The van der Waals surface area contributed by atoms with Crippen LogP contribution >= 0.6 is 0 Å². The third kappa shape index (κ3) is 2.27. The Bertz CT molecular complexity index is 560. The number of aromatic nitrogens is 2. The molecule has 2 aromatic rings. The van der Waals surface area contributed by atoms with Crippen molar-refractivity contribution in [2.24, 2.45) is 5.73 Å². The summed E-state index contributed by atoms with van der Waals surface area (Å²) in [5, 5.41) is 4.03. The Morgan fingerprint density at radius 2 is 2.06 bits per heavy atom. The van der Waals surface area contributed by atoms with Crippen LogP contribution in [0, 0.1) is 0 Å². The molecule has 0 saturated heterocycles. The van der Waals surface area contributed by atoms with Crippen molar-refractivity contribution in [2.45, 2.75) is 6.54 Å². The maximum absolute atomic E-state index is 11.0. The fraction of sp³-hybridized carbons (Fsp3) is 0.167. The van der Waals surface area contributed by atoms with Crippen LogP contribution < -0.4 is 16.2 Å². The van der Waals surface area contributed by atoms with Crippen LogP contribution in [0.15, 0.2) is 30.5 Å². The third-order valence-electron chi connectivity index (χ3n) is 2.64. The summed E-state index contributed by atoms with van der Waals surface area (Å²) in [5.74, 6) is 0.483. The molecule has 0 saturated carbocycles. The van der Waals surface area contributed by atoms with E-state index < -0.39 is 5.91 Å². The predicted molar refractivity (Wildman–Crippen MR) is 67.3 cm³/mol. The zero-order valence-electron chi connectivity index (χ0n) is 9.96. The van der Waals surface area contributed by atoms with Crippen LogP contribution in [0.3, 0.4) is 0 Å². The minimum absolute atomic E-state index is 0.239. The van der Waals surface area contributed by atoms with Gasteiger partial charge >= 0.3 is 0 Å². The molecule has 1 aromatic carbocycles. The SMILES string of the molecule is COc1ccc(Cn2ncc(C(N)=O)c2N)cc1. The molecule has 18 heavy (non-hydrogen) atoms. The second kappa shape index (κ2) is 4.79. The van der Waals surface area contributed by atoms with Crippen LogP contribution in [-0.4, -0.2) is 22.8 Å². The number of benzene rings is 1. The van der Waals surface area contributed by atoms with Crippen LogP contribution in [0.25, 0.3) is 0 Å². The first kappa shape index (κ1) is 12.0. The standard InChI is InChI=1S/C12H14N4O2/c1-18-9-4-2-8(3-5-9)7-16-11(13)10(6-15-16)12(14)17/h2-6H,7,13H2,1H3,(H2,14,17). The summed E-state index contributed by atoms with van der Waals surface area (Å²) in [6.07, 6.45) is 1.38. The summed E-state index contributed by atoms with van der Waals surface area (Å²) in [7, 11) is 1.61. The molecule has 6 heteroatoms. The molecular weight excluding hydrogens is 232 g/mol. The van der Waals surface area contributed by atoms with Gasteiger partial charge in [-0.2, -0.15) is 5.10 Å². The Balaban J connectivity index is 2.20. The maximum Gasteiger partial charge on any atom is 0.254 e. The lowest BCUT2D eigenvalue weighted by molar-refractivity contribution is 0.100. The maximum atomic E-state index is 11.0. The fourth-order valence-corrected chi connectivity index (χ4v) is 1.61. The second-order valence-corrected chi connectivity index (χ2v) is 3.81. The van der Waals surface area contributed by atoms with Gasteiger partial charge in [-0.25, -0.2) is 4.68 Å². The topological polar surface area (TPSA) is 96.2 Å². The van der Waals surface area contributed by atoms with Gasteiger partial charge in [0, 0.05) is 0 Å². The Morgan fingerprint density at radius 1 is 1.39 bits per heavy atom. The van der Waals surface area contributed by atoms with E-state index in [0.29, 0.717) is 6.54 Å². The van der Waals surface area contributed by atoms with Crippen LogP contribution in [0.4, 0.5) is 5.82 Å². The van der Waals surface area contributed by atoms with E-state index in [2.05, 4.69) is 5.10 Å². The summed E-state index contributed by atoms with van der Waals surface area (Å²) in [6, 6.07) is 7.52. The Labute approximate surface area is 104 Å². The number of methoxy groups -OCH3 is 1. The molecule has 0 aliphatic heterocycles. The van der Waals surface area contributed by atoms with Gasteiger partial charge in [0.2, 0.25) is 0 Å². The van der Waals surface area contributed by atoms with Gasteiger partial charge in [-0.3, -0.25) is 4.79 Å². The van der Waals surface area contributed by atoms with Gasteiger partial charge in [0.1, 0.15) is 17.1 Å². The van der Waals surface area contributed by atoms with E-state index in [1.807, 2.05) is 24.3 Å². The fourth-order valence-electron chi connectivity index (χ4n) is 1.61. The summed E-state index contributed by atoms with van der Waals surface area (Å²) in [4.78, 5) is 11.0. The van der Waals surface area contributed by atoms with E-state index in [1.54, 1.807) is 7.11 Å². The highest BCUT2D eigenvalue weighted by Crippen LogP contribution is 2.15. The van der Waals surface area contributed by atoms with E-state index in [4.69, 9.17) is 16.2 Å². The number of primary amides is 1. The molecule has 6 nitrogen and oxygen atoms in total. The van der Waals surface area contributed by atoms with Gasteiger partial charge in [-0.05, 0) is 17.7 Å². The van der Waals surface area contributed by atoms with E-state index in [-0.39, 0.29) is 11.4 Å². The van der Waals surface area contributed by atoms with E-state index >= 15 is 0 Å². The van der Waals surface area contributed by atoms with Crippen molar-refractivity contribution in [1.82, 2.24) is 9.78 Å². The van der Waals surface area contributed by atoms with Gasteiger partial charge in [0.05, 0.1) is 19.9 Å². The minimum atomic E-state index is -0.575. The van der Waals surface area contributed by atoms with Crippen LogP contribution in [0.2, 0.25) is 0 Å². The molecule has 0 atom stereocenters. The summed E-state index contributed by atoms with van der Waals surface area (Å²) in [6.45, 7) is 0.475. The summed E-state index contributed by atoms with van der Waals surface area (Å²) in [5.41, 5.74) is 12.2. The van der Waals surface area contributed by atoms with Crippen molar-refractivity contribution < 1.29 is 9.53 Å². The van der Waals surface area contributed by atoms with Gasteiger partial charge in [0.15, 0.2) is 0 Å². The lowest BCUT2D eigenvalue weighted by Gasteiger charge is -2.06. The Kier molecular flexibility index (Phi) is 3.18. The number of nitrogens with zero attached hydrogens (tertiary/aromatic N) is 2. The molecule has 0 aliphatic carbocycles. The lowest BCUT2D eigenvalue weighted by atomic mass is 10.2.